The molecule has 2 atom stereocenters. The van der Waals surface area contributed by atoms with Gasteiger partial charge in [0, 0.05) is 18.3 Å². The molecule has 0 saturated carbocycles. The summed E-state index contributed by atoms with van der Waals surface area (Å²) >= 11 is 1.67. The van der Waals surface area contributed by atoms with Gasteiger partial charge in [0.05, 0.1) is 5.60 Å². The third-order valence-corrected chi connectivity index (χ3v) is 3.89. The van der Waals surface area contributed by atoms with E-state index in [9.17, 15) is 5.11 Å². The van der Waals surface area contributed by atoms with Crippen LogP contribution in [0.5, 0.6) is 0 Å². The van der Waals surface area contributed by atoms with Crippen molar-refractivity contribution in [1.82, 2.24) is 5.32 Å². The molecule has 3 heteroatoms. The molecule has 1 rings (SSSR count). The highest BCUT2D eigenvalue weighted by atomic mass is 32.2. The summed E-state index contributed by atoms with van der Waals surface area (Å²) in [5, 5.41) is 13.7. The SMILES string of the molecule is CSCC(C)(O)CNC(c1ccccc1)C(C)C. The number of aliphatic hydroxyl groups is 1. The lowest BCUT2D eigenvalue weighted by molar-refractivity contribution is 0.0792. The average molecular weight is 267 g/mol. The number of hydrogen-bond acceptors (Lipinski definition) is 3. The van der Waals surface area contributed by atoms with Crippen molar-refractivity contribution < 1.29 is 5.11 Å². The molecule has 18 heavy (non-hydrogen) atoms. The van der Waals surface area contributed by atoms with Gasteiger partial charge in [-0.05, 0) is 24.7 Å². The van der Waals surface area contributed by atoms with Crippen LogP contribution >= 0.6 is 11.8 Å². The first-order valence-corrected chi connectivity index (χ1v) is 7.85. The number of benzene rings is 1. The highest BCUT2D eigenvalue weighted by Crippen LogP contribution is 2.22. The van der Waals surface area contributed by atoms with Gasteiger partial charge in [-0.25, -0.2) is 0 Å². The Hall–Kier alpha value is -0.510. The van der Waals surface area contributed by atoms with Gasteiger partial charge in [-0.15, -0.1) is 0 Å². The molecular weight excluding hydrogens is 242 g/mol. The van der Waals surface area contributed by atoms with Gasteiger partial charge in [0.25, 0.3) is 0 Å². The molecule has 0 fully saturated rings. The Labute approximate surface area is 115 Å². The van der Waals surface area contributed by atoms with Crippen LogP contribution in [-0.4, -0.2) is 29.3 Å². The Morgan fingerprint density at radius 2 is 1.89 bits per heavy atom. The van der Waals surface area contributed by atoms with E-state index in [0.29, 0.717) is 18.5 Å². The molecule has 0 aromatic heterocycles. The Morgan fingerprint density at radius 1 is 1.28 bits per heavy atom. The molecule has 0 radical (unpaired) electrons. The van der Waals surface area contributed by atoms with Crippen molar-refractivity contribution in [3.63, 3.8) is 0 Å². The third kappa shape index (κ3) is 5.01. The maximum atomic E-state index is 10.2. The molecule has 0 heterocycles. The van der Waals surface area contributed by atoms with Crippen molar-refractivity contribution in [1.29, 1.82) is 0 Å². The Bertz CT molecular complexity index is 338. The van der Waals surface area contributed by atoms with E-state index in [1.54, 1.807) is 11.8 Å². The second-order valence-corrected chi connectivity index (χ2v) is 6.31. The minimum Gasteiger partial charge on any atom is -0.388 e. The lowest BCUT2D eigenvalue weighted by atomic mass is 9.95. The van der Waals surface area contributed by atoms with Crippen LogP contribution < -0.4 is 5.32 Å². The summed E-state index contributed by atoms with van der Waals surface area (Å²) in [4.78, 5) is 0. The van der Waals surface area contributed by atoms with Gasteiger partial charge in [-0.3, -0.25) is 0 Å². The van der Waals surface area contributed by atoms with E-state index >= 15 is 0 Å². The fourth-order valence-electron chi connectivity index (χ4n) is 2.09. The molecule has 1 aromatic carbocycles. The molecule has 2 nitrogen and oxygen atoms in total. The van der Waals surface area contributed by atoms with Gasteiger partial charge in [-0.1, -0.05) is 44.2 Å². The van der Waals surface area contributed by atoms with Crippen molar-refractivity contribution >= 4 is 11.8 Å². The Morgan fingerprint density at radius 3 is 2.39 bits per heavy atom. The van der Waals surface area contributed by atoms with Crippen molar-refractivity contribution in [2.75, 3.05) is 18.6 Å². The largest absolute Gasteiger partial charge is 0.388 e. The first kappa shape index (κ1) is 15.5. The van der Waals surface area contributed by atoms with Crippen LogP contribution in [0, 0.1) is 5.92 Å². The molecular formula is C15H25NOS. The standard InChI is InChI=1S/C15H25NOS/c1-12(2)14(13-8-6-5-7-9-13)16-10-15(3,17)11-18-4/h5-9,12,14,16-17H,10-11H2,1-4H3. The van der Waals surface area contributed by atoms with Crippen molar-refractivity contribution in [2.45, 2.75) is 32.4 Å². The van der Waals surface area contributed by atoms with Crippen LogP contribution in [-0.2, 0) is 0 Å². The molecule has 1 aromatic rings. The van der Waals surface area contributed by atoms with Gasteiger partial charge in [0.15, 0.2) is 0 Å². The van der Waals surface area contributed by atoms with E-state index in [1.807, 2.05) is 19.2 Å². The predicted octanol–water partition coefficient (Wildman–Crippen LogP) is 3.09. The Balaban J connectivity index is 2.65. The van der Waals surface area contributed by atoms with E-state index < -0.39 is 5.60 Å². The molecule has 2 N–H and O–H groups in total. The van der Waals surface area contributed by atoms with Crippen LogP contribution in [0.1, 0.15) is 32.4 Å². The van der Waals surface area contributed by atoms with E-state index in [2.05, 4.69) is 43.4 Å². The topological polar surface area (TPSA) is 32.3 Å². The van der Waals surface area contributed by atoms with Crippen LogP contribution in [0.3, 0.4) is 0 Å². The fraction of sp³-hybridized carbons (Fsp3) is 0.600. The third-order valence-electron chi connectivity index (χ3n) is 2.98. The minimum atomic E-state index is -0.651. The van der Waals surface area contributed by atoms with Crippen LogP contribution in [0.2, 0.25) is 0 Å². The first-order chi connectivity index (χ1) is 8.46. The zero-order valence-corrected chi connectivity index (χ0v) is 12.6. The van der Waals surface area contributed by atoms with Crippen molar-refractivity contribution in [3.05, 3.63) is 35.9 Å². The lowest BCUT2D eigenvalue weighted by Crippen LogP contribution is -2.42. The number of thioether (sulfide) groups is 1. The van der Waals surface area contributed by atoms with E-state index in [0.717, 1.165) is 5.75 Å². The highest BCUT2D eigenvalue weighted by molar-refractivity contribution is 7.98. The first-order valence-electron chi connectivity index (χ1n) is 6.46. The monoisotopic (exact) mass is 267 g/mol. The summed E-state index contributed by atoms with van der Waals surface area (Å²) in [5.41, 5.74) is 0.633. The number of nitrogens with one attached hydrogen (secondary N) is 1. The fourth-order valence-corrected chi connectivity index (χ4v) is 2.81. The van der Waals surface area contributed by atoms with Gasteiger partial charge in [0.1, 0.15) is 0 Å². The van der Waals surface area contributed by atoms with Crippen LogP contribution in [0.4, 0.5) is 0 Å². The molecule has 0 spiro atoms. The molecule has 0 amide bonds. The van der Waals surface area contributed by atoms with E-state index in [1.165, 1.54) is 5.56 Å². The van der Waals surface area contributed by atoms with Crippen molar-refractivity contribution in [2.24, 2.45) is 5.92 Å². The normalized spacial score (nSPS) is 16.6. The highest BCUT2D eigenvalue weighted by Gasteiger charge is 2.23. The maximum absolute atomic E-state index is 10.2. The summed E-state index contributed by atoms with van der Waals surface area (Å²) in [6.45, 7) is 6.91. The molecule has 102 valence electrons. The number of hydrogen-bond donors (Lipinski definition) is 2. The molecule has 2 unspecified atom stereocenters. The summed E-state index contributed by atoms with van der Waals surface area (Å²) in [6, 6.07) is 10.7. The molecule has 0 saturated heterocycles. The summed E-state index contributed by atoms with van der Waals surface area (Å²) < 4.78 is 0. The van der Waals surface area contributed by atoms with Gasteiger partial charge >= 0.3 is 0 Å². The summed E-state index contributed by atoms with van der Waals surface area (Å²) in [7, 11) is 0. The zero-order chi connectivity index (χ0) is 13.6. The van der Waals surface area contributed by atoms with Crippen LogP contribution in [0.25, 0.3) is 0 Å². The smallest absolute Gasteiger partial charge is 0.0833 e. The Kier molecular flexibility index (Phi) is 6.19. The maximum Gasteiger partial charge on any atom is 0.0833 e. The predicted molar refractivity (Wildman–Crippen MR) is 81.0 cm³/mol. The quantitative estimate of drug-likeness (QED) is 0.796. The molecule has 0 aliphatic carbocycles. The lowest BCUT2D eigenvalue weighted by Gasteiger charge is -2.29. The molecule has 0 bridgehead atoms. The summed E-state index contributed by atoms with van der Waals surface area (Å²) in [5.74, 6) is 1.25. The zero-order valence-electron chi connectivity index (χ0n) is 11.8. The van der Waals surface area contributed by atoms with Crippen LogP contribution in [0.15, 0.2) is 30.3 Å². The van der Waals surface area contributed by atoms with Gasteiger partial charge in [-0.2, -0.15) is 11.8 Å². The van der Waals surface area contributed by atoms with Gasteiger partial charge < -0.3 is 10.4 Å². The minimum absolute atomic E-state index is 0.291. The molecule has 0 aliphatic rings. The van der Waals surface area contributed by atoms with E-state index in [4.69, 9.17) is 0 Å². The van der Waals surface area contributed by atoms with Gasteiger partial charge in [0.2, 0.25) is 0 Å². The second-order valence-electron chi connectivity index (χ2n) is 5.44. The summed E-state index contributed by atoms with van der Waals surface area (Å²) in [6.07, 6.45) is 2.02. The number of rotatable bonds is 7. The van der Waals surface area contributed by atoms with Crippen molar-refractivity contribution in [3.8, 4) is 0 Å². The average Bonchev–Trinajstić information content (AvgIpc) is 2.30. The molecule has 0 aliphatic heterocycles. The second kappa shape index (κ2) is 7.17. The van der Waals surface area contributed by atoms with E-state index in [-0.39, 0.29) is 0 Å².